The summed E-state index contributed by atoms with van der Waals surface area (Å²) in [6.07, 6.45) is 4.39. The van der Waals surface area contributed by atoms with Gasteiger partial charge in [0.2, 0.25) is 0 Å². The molecule has 3 heteroatoms. The third kappa shape index (κ3) is 5.17. The maximum absolute atomic E-state index is 4.35. The number of aromatic nitrogens is 1. The lowest BCUT2D eigenvalue weighted by atomic mass is 9.78. The fourth-order valence-corrected chi connectivity index (χ4v) is 2.75. The van der Waals surface area contributed by atoms with E-state index in [0.717, 1.165) is 19.5 Å². The third-order valence-electron chi connectivity index (χ3n) is 3.16. The summed E-state index contributed by atoms with van der Waals surface area (Å²) >= 11 is 1.83. The van der Waals surface area contributed by atoms with Crippen molar-refractivity contribution in [3.8, 4) is 0 Å². The first-order valence-electron chi connectivity index (χ1n) is 6.55. The van der Waals surface area contributed by atoms with Crippen LogP contribution in [0.1, 0.15) is 44.0 Å². The van der Waals surface area contributed by atoms with Crippen LogP contribution < -0.4 is 5.32 Å². The second kappa shape index (κ2) is 6.50. The van der Waals surface area contributed by atoms with Crippen molar-refractivity contribution in [3.63, 3.8) is 0 Å². The van der Waals surface area contributed by atoms with Gasteiger partial charge in [-0.15, -0.1) is 11.3 Å². The molecule has 98 valence electrons. The molecule has 0 saturated carbocycles. The quantitative estimate of drug-likeness (QED) is 0.784. The molecule has 1 heterocycles. The number of nitrogens with one attached hydrogen (secondary N) is 1. The zero-order valence-corrected chi connectivity index (χ0v) is 12.7. The highest BCUT2D eigenvalue weighted by molar-refractivity contribution is 7.11. The third-order valence-corrected chi connectivity index (χ3v) is 4.09. The van der Waals surface area contributed by atoms with Crippen LogP contribution in [0.3, 0.4) is 0 Å². The summed E-state index contributed by atoms with van der Waals surface area (Å²) in [6.45, 7) is 13.5. The van der Waals surface area contributed by atoms with Crippen LogP contribution in [-0.4, -0.2) is 18.1 Å². The Balaban J connectivity index is 2.57. The number of hydrogen-bond donors (Lipinski definition) is 1. The van der Waals surface area contributed by atoms with Crippen LogP contribution in [0.15, 0.2) is 6.20 Å². The van der Waals surface area contributed by atoms with Gasteiger partial charge in [0.25, 0.3) is 0 Å². The van der Waals surface area contributed by atoms with Gasteiger partial charge in [0.05, 0.1) is 5.01 Å². The predicted molar refractivity (Wildman–Crippen MR) is 76.7 cm³/mol. The first kappa shape index (κ1) is 14.7. The molecule has 1 atom stereocenters. The molecule has 1 N–H and O–H groups in total. The molecular formula is C14H26N2S. The van der Waals surface area contributed by atoms with Crippen molar-refractivity contribution in [1.29, 1.82) is 0 Å². The van der Waals surface area contributed by atoms with Crippen molar-refractivity contribution in [2.24, 2.45) is 11.3 Å². The number of nitrogens with zero attached hydrogens (tertiary/aromatic N) is 1. The topological polar surface area (TPSA) is 24.9 Å². The molecule has 1 aromatic heterocycles. The van der Waals surface area contributed by atoms with E-state index in [1.807, 2.05) is 17.5 Å². The van der Waals surface area contributed by atoms with Gasteiger partial charge < -0.3 is 5.32 Å². The van der Waals surface area contributed by atoms with Crippen molar-refractivity contribution in [2.45, 2.75) is 47.5 Å². The summed E-state index contributed by atoms with van der Waals surface area (Å²) in [5, 5.41) is 4.73. The van der Waals surface area contributed by atoms with E-state index < -0.39 is 0 Å². The monoisotopic (exact) mass is 254 g/mol. The smallest absolute Gasteiger partial charge is 0.0896 e. The Morgan fingerprint density at radius 1 is 1.41 bits per heavy atom. The lowest BCUT2D eigenvalue weighted by molar-refractivity contribution is 0.232. The van der Waals surface area contributed by atoms with Gasteiger partial charge in [-0.3, -0.25) is 0 Å². The second-order valence-corrected chi connectivity index (χ2v) is 7.14. The van der Waals surface area contributed by atoms with Crippen molar-refractivity contribution >= 4 is 11.3 Å². The van der Waals surface area contributed by atoms with E-state index >= 15 is 0 Å². The maximum Gasteiger partial charge on any atom is 0.0896 e. The molecule has 1 aromatic rings. The van der Waals surface area contributed by atoms with Gasteiger partial charge in [-0.2, -0.15) is 0 Å². The van der Waals surface area contributed by atoms with Gasteiger partial charge >= 0.3 is 0 Å². The summed E-state index contributed by atoms with van der Waals surface area (Å²) in [5.41, 5.74) is 0.346. The molecule has 0 radical (unpaired) electrons. The highest BCUT2D eigenvalue weighted by atomic mass is 32.1. The Kier molecular flexibility index (Phi) is 5.60. The number of thiazole rings is 1. The predicted octanol–water partition coefficient (Wildman–Crippen LogP) is 3.66. The van der Waals surface area contributed by atoms with E-state index in [2.05, 4.69) is 44.9 Å². The molecule has 0 amide bonds. The minimum absolute atomic E-state index is 0.346. The SMILES string of the molecule is CCCNCC(Cc1cnc(C)s1)C(C)(C)C. The van der Waals surface area contributed by atoms with Crippen LogP contribution in [0, 0.1) is 18.3 Å². The number of hydrogen-bond acceptors (Lipinski definition) is 3. The van der Waals surface area contributed by atoms with Gasteiger partial charge in [0.1, 0.15) is 0 Å². The molecule has 2 nitrogen and oxygen atoms in total. The lowest BCUT2D eigenvalue weighted by Crippen LogP contribution is -2.33. The Bertz CT molecular complexity index is 325. The molecule has 1 unspecified atom stereocenters. The van der Waals surface area contributed by atoms with Gasteiger partial charge in [-0.25, -0.2) is 4.98 Å². The van der Waals surface area contributed by atoms with Crippen molar-refractivity contribution in [2.75, 3.05) is 13.1 Å². The summed E-state index contributed by atoms with van der Waals surface area (Å²) in [6, 6.07) is 0. The van der Waals surface area contributed by atoms with Crippen LogP contribution >= 0.6 is 11.3 Å². The van der Waals surface area contributed by atoms with Crippen LogP contribution in [0.4, 0.5) is 0 Å². The minimum Gasteiger partial charge on any atom is -0.316 e. The van der Waals surface area contributed by atoms with Crippen LogP contribution in [0.5, 0.6) is 0 Å². The zero-order chi connectivity index (χ0) is 12.9. The maximum atomic E-state index is 4.35. The van der Waals surface area contributed by atoms with Crippen LogP contribution in [0.25, 0.3) is 0 Å². The first-order valence-corrected chi connectivity index (χ1v) is 7.37. The van der Waals surface area contributed by atoms with E-state index in [4.69, 9.17) is 0 Å². The zero-order valence-electron chi connectivity index (χ0n) is 11.8. The standard InChI is InChI=1S/C14H26N2S/c1-6-7-15-9-12(14(3,4)5)8-13-10-16-11(2)17-13/h10,12,15H,6-9H2,1-5H3. The highest BCUT2D eigenvalue weighted by Gasteiger charge is 2.24. The summed E-state index contributed by atoms with van der Waals surface area (Å²) in [7, 11) is 0. The van der Waals surface area contributed by atoms with Crippen LogP contribution in [0.2, 0.25) is 0 Å². The van der Waals surface area contributed by atoms with E-state index in [-0.39, 0.29) is 0 Å². The minimum atomic E-state index is 0.346. The molecule has 0 aliphatic carbocycles. The van der Waals surface area contributed by atoms with E-state index in [1.54, 1.807) is 0 Å². The number of aryl methyl sites for hydroxylation is 1. The molecule has 17 heavy (non-hydrogen) atoms. The largest absolute Gasteiger partial charge is 0.316 e. The molecule has 0 aromatic carbocycles. The average molecular weight is 254 g/mol. The summed E-state index contributed by atoms with van der Waals surface area (Å²) in [4.78, 5) is 5.76. The Morgan fingerprint density at radius 2 is 2.12 bits per heavy atom. The Hall–Kier alpha value is -0.410. The van der Waals surface area contributed by atoms with Crippen LogP contribution in [-0.2, 0) is 6.42 Å². The Labute approximate surface area is 110 Å². The molecule has 0 saturated heterocycles. The molecule has 0 aliphatic heterocycles. The molecule has 0 aliphatic rings. The fourth-order valence-electron chi connectivity index (χ4n) is 1.88. The normalized spacial score (nSPS) is 13.9. The second-order valence-electron chi connectivity index (χ2n) is 5.82. The van der Waals surface area contributed by atoms with E-state index in [0.29, 0.717) is 11.3 Å². The Morgan fingerprint density at radius 3 is 2.59 bits per heavy atom. The van der Waals surface area contributed by atoms with Gasteiger partial charge in [-0.1, -0.05) is 27.7 Å². The first-order chi connectivity index (χ1) is 7.93. The molecule has 0 spiro atoms. The molecule has 0 fully saturated rings. The lowest BCUT2D eigenvalue weighted by Gasteiger charge is -2.30. The van der Waals surface area contributed by atoms with E-state index in [1.165, 1.54) is 16.3 Å². The fraction of sp³-hybridized carbons (Fsp3) is 0.786. The molecule has 0 bridgehead atoms. The number of rotatable bonds is 6. The van der Waals surface area contributed by atoms with Crippen molar-refractivity contribution in [3.05, 3.63) is 16.1 Å². The van der Waals surface area contributed by atoms with Crippen molar-refractivity contribution < 1.29 is 0 Å². The summed E-state index contributed by atoms with van der Waals surface area (Å²) < 4.78 is 0. The van der Waals surface area contributed by atoms with Gasteiger partial charge in [-0.05, 0) is 44.2 Å². The van der Waals surface area contributed by atoms with Crippen molar-refractivity contribution in [1.82, 2.24) is 10.3 Å². The molecular weight excluding hydrogens is 228 g/mol. The van der Waals surface area contributed by atoms with Gasteiger partial charge in [0, 0.05) is 11.1 Å². The average Bonchev–Trinajstić information content (AvgIpc) is 2.61. The van der Waals surface area contributed by atoms with E-state index in [9.17, 15) is 0 Å². The summed E-state index contributed by atoms with van der Waals surface area (Å²) in [5.74, 6) is 0.675. The van der Waals surface area contributed by atoms with Gasteiger partial charge in [0.15, 0.2) is 0 Å². The highest BCUT2D eigenvalue weighted by Crippen LogP contribution is 2.30. The molecule has 1 rings (SSSR count).